The molecule has 0 radical (unpaired) electrons. The fourth-order valence-electron chi connectivity index (χ4n) is 4.29. The minimum atomic E-state index is 0.0122. The predicted molar refractivity (Wildman–Crippen MR) is 129 cm³/mol. The molecular weight excluding hydrogens is 412 g/mol. The van der Waals surface area contributed by atoms with Crippen molar-refractivity contribution < 1.29 is 9.53 Å². The van der Waals surface area contributed by atoms with Crippen molar-refractivity contribution in [1.29, 1.82) is 0 Å². The quantitative estimate of drug-likeness (QED) is 0.444. The molecule has 0 atom stereocenters. The minimum Gasteiger partial charge on any atom is -0.439 e. The summed E-state index contributed by atoms with van der Waals surface area (Å²) in [7, 11) is 0. The molecule has 0 aliphatic carbocycles. The van der Waals surface area contributed by atoms with E-state index in [0.717, 1.165) is 43.6 Å². The van der Waals surface area contributed by atoms with E-state index in [1.807, 2.05) is 48.8 Å². The van der Waals surface area contributed by atoms with Gasteiger partial charge in [-0.25, -0.2) is 4.98 Å². The van der Waals surface area contributed by atoms with Crippen LogP contribution in [0.3, 0.4) is 0 Å². The molecule has 6 nitrogen and oxygen atoms in total. The zero-order chi connectivity index (χ0) is 22.5. The molecule has 0 bridgehead atoms. The molecule has 6 heteroatoms. The van der Waals surface area contributed by atoms with E-state index < -0.39 is 0 Å². The number of nitrogens with zero attached hydrogens (tertiary/aromatic N) is 3. The molecule has 2 aromatic heterocycles. The highest BCUT2D eigenvalue weighted by Crippen LogP contribution is 2.25. The number of piperidine rings is 1. The number of amides is 1. The first kappa shape index (κ1) is 21.1. The average Bonchev–Trinajstić information content (AvgIpc) is 2.86. The first-order valence-corrected chi connectivity index (χ1v) is 11.3. The maximum absolute atomic E-state index is 12.8. The Labute approximate surface area is 193 Å². The van der Waals surface area contributed by atoms with Crippen molar-refractivity contribution in [1.82, 2.24) is 14.9 Å². The Balaban J connectivity index is 1.13. The number of nitrogens with one attached hydrogen (secondary N) is 1. The lowest BCUT2D eigenvalue weighted by Gasteiger charge is -2.31. The number of fused-ring (bicyclic) bond motifs is 1. The van der Waals surface area contributed by atoms with Gasteiger partial charge in [-0.1, -0.05) is 36.4 Å². The molecule has 1 saturated heterocycles. The lowest BCUT2D eigenvalue weighted by molar-refractivity contribution is -0.121. The Kier molecular flexibility index (Phi) is 6.26. The largest absolute Gasteiger partial charge is 0.439 e. The number of hydrogen-bond donors (Lipinski definition) is 1. The predicted octanol–water partition coefficient (Wildman–Crippen LogP) is 5.27. The molecule has 4 aromatic rings. The fraction of sp³-hybridized carbons (Fsp3) is 0.222. The average molecular weight is 439 g/mol. The lowest BCUT2D eigenvalue weighted by Crippen LogP contribution is -2.37. The van der Waals surface area contributed by atoms with Crippen molar-refractivity contribution in [2.24, 2.45) is 5.92 Å². The summed E-state index contributed by atoms with van der Waals surface area (Å²) in [4.78, 5) is 23.7. The molecule has 1 N–H and O–H groups in total. The number of pyridine rings is 2. The van der Waals surface area contributed by atoms with Crippen LogP contribution >= 0.6 is 0 Å². The number of likely N-dealkylation sites (tertiary alicyclic amines) is 1. The molecular formula is C27H26N4O2. The van der Waals surface area contributed by atoms with E-state index in [-0.39, 0.29) is 11.8 Å². The zero-order valence-corrected chi connectivity index (χ0v) is 18.4. The normalized spacial score (nSPS) is 14.8. The van der Waals surface area contributed by atoms with E-state index in [2.05, 4.69) is 44.5 Å². The monoisotopic (exact) mass is 438 g/mol. The van der Waals surface area contributed by atoms with Crippen LogP contribution < -0.4 is 10.1 Å². The van der Waals surface area contributed by atoms with E-state index in [1.54, 1.807) is 12.3 Å². The number of benzene rings is 2. The molecule has 166 valence electrons. The molecule has 1 aliphatic rings. The van der Waals surface area contributed by atoms with Crippen LogP contribution in [0.2, 0.25) is 0 Å². The Hall–Kier alpha value is -3.77. The van der Waals surface area contributed by atoms with Gasteiger partial charge in [0, 0.05) is 36.3 Å². The second-order valence-electron chi connectivity index (χ2n) is 8.35. The number of rotatable bonds is 6. The van der Waals surface area contributed by atoms with Gasteiger partial charge in [0.25, 0.3) is 0 Å². The summed E-state index contributed by atoms with van der Waals surface area (Å²) in [5.74, 6) is 1.30. The number of para-hydroxylation sites is 1. The van der Waals surface area contributed by atoms with Gasteiger partial charge in [0.2, 0.25) is 11.8 Å². The summed E-state index contributed by atoms with van der Waals surface area (Å²) in [6, 6.07) is 21.5. The van der Waals surface area contributed by atoms with Crippen LogP contribution in [0.5, 0.6) is 11.6 Å². The summed E-state index contributed by atoms with van der Waals surface area (Å²) in [6.07, 6.45) is 7.09. The molecule has 5 rings (SSSR count). The van der Waals surface area contributed by atoms with Gasteiger partial charge in [0.1, 0.15) is 5.75 Å². The molecule has 0 spiro atoms. The minimum absolute atomic E-state index is 0.0122. The maximum Gasteiger partial charge on any atom is 0.227 e. The van der Waals surface area contributed by atoms with Crippen LogP contribution in [0.4, 0.5) is 5.69 Å². The second-order valence-corrected chi connectivity index (χ2v) is 8.35. The van der Waals surface area contributed by atoms with E-state index >= 15 is 0 Å². The van der Waals surface area contributed by atoms with Crippen LogP contribution in [0.15, 0.2) is 85.3 Å². The second kappa shape index (κ2) is 9.79. The van der Waals surface area contributed by atoms with E-state index in [9.17, 15) is 4.79 Å². The van der Waals surface area contributed by atoms with Gasteiger partial charge in [-0.15, -0.1) is 0 Å². The Morgan fingerprint density at radius 3 is 2.61 bits per heavy atom. The van der Waals surface area contributed by atoms with Crippen LogP contribution in [-0.4, -0.2) is 33.9 Å². The number of aromatic nitrogens is 2. The van der Waals surface area contributed by atoms with Gasteiger partial charge in [0.05, 0.1) is 11.9 Å². The third-order valence-electron chi connectivity index (χ3n) is 6.09. The fourth-order valence-corrected chi connectivity index (χ4v) is 4.29. The van der Waals surface area contributed by atoms with Gasteiger partial charge in [-0.05, 0) is 61.1 Å². The summed E-state index contributed by atoms with van der Waals surface area (Å²) in [6.45, 7) is 2.70. The summed E-state index contributed by atoms with van der Waals surface area (Å²) in [5.41, 5.74) is 1.99. The molecule has 1 aliphatic heterocycles. The molecule has 3 heterocycles. The molecule has 1 fully saturated rings. The molecule has 0 unspecified atom stereocenters. The van der Waals surface area contributed by atoms with Gasteiger partial charge < -0.3 is 10.1 Å². The standard InChI is InChI=1S/C27H26N4O2/c32-27(30-23-9-10-26(29-18-23)33-24-7-2-1-3-8-24)20-12-15-31(16-13-20)19-22-6-4-5-21-17-28-14-11-25(21)22/h1-11,14,17-18,20H,12-13,15-16,19H2,(H,30,32). The Morgan fingerprint density at radius 1 is 0.970 bits per heavy atom. The topological polar surface area (TPSA) is 67.3 Å². The van der Waals surface area contributed by atoms with Crippen molar-refractivity contribution in [3.05, 3.63) is 90.9 Å². The van der Waals surface area contributed by atoms with Crippen molar-refractivity contribution in [2.45, 2.75) is 19.4 Å². The number of anilines is 1. The third-order valence-corrected chi connectivity index (χ3v) is 6.09. The maximum atomic E-state index is 12.8. The first-order valence-electron chi connectivity index (χ1n) is 11.3. The van der Waals surface area contributed by atoms with Crippen molar-refractivity contribution in [3.63, 3.8) is 0 Å². The smallest absolute Gasteiger partial charge is 0.227 e. The van der Waals surface area contributed by atoms with Gasteiger partial charge in [-0.3, -0.25) is 14.7 Å². The Morgan fingerprint density at radius 2 is 1.82 bits per heavy atom. The van der Waals surface area contributed by atoms with E-state index in [1.165, 1.54) is 10.9 Å². The summed E-state index contributed by atoms with van der Waals surface area (Å²) in [5, 5.41) is 5.42. The lowest BCUT2D eigenvalue weighted by atomic mass is 9.95. The van der Waals surface area contributed by atoms with Gasteiger partial charge in [0.15, 0.2) is 0 Å². The van der Waals surface area contributed by atoms with Crippen molar-refractivity contribution in [3.8, 4) is 11.6 Å². The highest BCUT2D eigenvalue weighted by atomic mass is 16.5. The van der Waals surface area contributed by atoms with Crippen molar-refractivity contribution in [2.75, 3.05) is 18.4 Å². The first-order chi connectivity index (χ1) is 16.2. The highest BCUT2D eigenvalue weighted by Gasteiger charge is 2.25. The molecule has 2 aromatic carbocycles. The number of hydrogen-bond acceptors (Lipinski definition) is 5. The molecule has 0 saturated carbocycles. The van der Waals surface area contributed by atoms with Crippen LogP contribution in [0.25, 0.3) is 10.8 Å². The zero-order valence-electron chi connectivity index (χ0n) is 18.4. The summed E-state index contributed by atoms with van der Waals surface area (Å²) >= 11 is 0. The third kappa shape index (κ3) is 5.18. The van der Waals surface area contributed by atoms with Gasteiger partial charge >= 0.3 is 0 Å². The summed E-state index contributed by atoms with van der Waals surface area (Å²) < 4.78 is 5.71. The number of ether oxygens (including phenoxy) is 1. The molecule has 1 amide bonds. The molecule has 33 heavy (non-hydrogen) atoms. The van der Waals surface area contributed by atoms with Crippen molar-refractivity contribution >= 4 is 22.4 Å². The van der Waals surface area contributed by atoms with E-state index in [4.69, 9.17) is 4.74 Å². The van der Waals surface area contributed by atoms with Crippen LogP contribution in [0.1, 0.15) is 18.4 Å². The van der Waals surface area contributed by atoms with Crippen LogP contribution in [-0.2, 0) is 11.3 Å². The van der Waals surface area contributed by atoms with Gasteiger partial charge in [-0.2, -0.15) is 0 Å². The highest BCUT2D eigenvalue weighted by molar-refractivity contribution is 5.92. The Bertz CT molecular complexity index is 1210. The van der Waals surface area contributed by atoms with E-state index in [0.29, 0.717) is 11.6 Å². The number of carbonyl (C=O) groups is 1. The SMILES string of the molecule is O=C(Nc1ccc(Oc2ccccc2)nc1)C1CCN(Cc2cccc3cnccc23)CC1. The van der Waals surface area contributed by atoms with Crippen LogP contribution in [0, 0.1) is 5.92 Å². The number of carbonyl (C=O) groups excluding carboxylic acids is 1.